The summed E-state index contributed by atoms with van der Waals surface area (Å²) in [6.45, 7) is 5.22. The second kappa shape index (κ2) is 9.91. The summed E-state index contributed by atoms with van der Waals surface area (Å²) in [7, 11) is 0. The lowest BCUT2D eigenvalue weighted by molar-refractivity contribution is -0.139. The fourth-order valence-electron chi connectivity index (χ4n) is 1.30. The zero-order chi connectivity index (χ0) is 13.8. The molecule has 0 radical (unpaired) electrons. The third kappa shape index (κ3) is 7.78. The Kier molecular flexibility index (Phi) is 7.82. The summed E-state index contributed by atoms with van der Waals surface area (Å²) in [6.07, 6.45) is 5.01. The van der Waals surface area contributed by atoms with Crippen LogP contribution in [0.25, 0.3) is 6.08 Å². The molecule has 1 N–H and O–H groups in total. The molecule has 0 fully saturated rings. The van der Waals surface area contributed by atoms with Crippen molar-refractivity contribution in [2.75, 3.05) is 26.4 Å². The van der Waals surface area contributed by atoms with Crippen molar-refractivity contribution < 1.29 is 14.3 Å². The second-order valence-electron chi connectivity index (χ2n) is 3.68. The van der Waals surface area contributed by atoms with Crippen molar-refractivity contribution in [1.82, 2.24) is 5.32 Å². The molecular weight excluding hydrogens is 242 g/mol. The van der Waals surface area contributed by atoms with E-state index in [1.165, 1.54) is 0 Å². The van der Waals surface area contributed by atoms with Gasteiger partial charge in [0, 0.05) is 12.6 Å². The Morgan fingerprint density at radius 1 is 1.21 bits per heavy atom. The van der Waals surface area contributed by atoms with Crippen LogP contribution in [-0.4, -0.2) is 32.3 Å². The highest BCUT2D eigenvalue weighted by Crippen LogP contribution is 1.99. The highest BCUT2D eigenvalue weighted by Gasteiger charge is 1.94. The van der Waals surface area contributed by atoms with Gasteiger partial charge in [0.2, 0.25) is 0 Å². The lowest BCUT2D eigenvalue weighted by Crippen LogP contribution is -2.16. The molecule has 4 nitrogen and oxygen atoms in total. The summed E-state index contributed by atoms with van der Waals surface area (Å²) in [5.41, 5.74) is 1.15. The van der Waals surface area contributed by atoms with Crippen LogP contribution in [0.15, 0.2) is 49.2 Å². The zero-order valence-corrected chi connectivity index (χ0v) is 10.9. The third-order valence-corrected chi connectivity index (χ3v) is 2.22. The molecule has 1 aromatic rings. The van der Waals surface area contributed by atoms with Gasteiger partial charge in [-0.15, -0.1) is 0 Å². The van der Waals surface area contributed by atoms with E-state index in [4.69, 9.17) is 9.47 Å². The van der Waals surface area contributed by atoms with E-state index in [0.717, 1.165) is 11.6 Å². The Morgan fingerprint density at radius 3 is 2.74 bits per heavy atom. The first kappa shape index (κ1) is 15.0. The van der Waals surface area contributed by atoms with Gasteiger partial charge < -0.3 is 14.8 Å². The summed E-state index contributed by atoms with van der Waals surface area (Å²) in [4.78, 5) is 10.7. The van der Waals surface area contributed by atoms with Gasteiger partial charge in [-0.25, -0.2) is 4.79 Å². The third-order valence-electron chi connectivity index (χ3n) is 2.22. The number of ether oxygens (including phenoxy) is 2. The topological polar surface area (TPSA) is 47.6 Å². The van der Waals surface area contributed by atoms with E-state index >= 15 is 0 Å². The van der Waals surface area contributed by atoms with E-state index in [0.29, 0.717) is 19.8 Å². The van der Waals surface area contributed by atoms with Crippen LogP contribution >= 0.6 is 0 Å². The molecule has 0 saturated carbocycles. The smallest absolute Gasteiger partial charge is 0.330 e. The molecule has 0 unspecified atom stereocenters. The maximum absolute atomic E-state index is 10.7. The molecule has 0 heterocycles. The maximum Gasteiger partial charge on any atom is 0.330 e. The average Bonchev–Trinajstić information content (AvgIpc) is 2.46. The molecule has 19 heavy (non-hydrogen) atoms. The maximum atomic E-state index is 10.7. The molecule has 102 valence electrons. The van der Waals surface area contributed by atoms with Gasteiger partial charge in [-0.2, -0.15) is 0 Å². The van der Waals surface area contributed by atoms with Gasteiger partial charge in [-0.3, -0.25) is 0 Å². The summed E-state index contributed by atoms with van der Waals surface area (Å²) < 4.78 is 10.0. The average molecular weight is 261 g/mol. The summed E-state index contributed by atoms with van der Waals surface area (Å²) in [6, 6.07) is 10.0. The van der Waals surface area contributed by atoms with Gasteiger partial charge >= 0.3 is 5.97 Å². The molecule has 0 aromatic heterocycles. The predicted molar refractivity (Wildman–Crippen MR) is 75.5 cm³/mol. The summed E-state index contributed by atoms with van der Waals surface area (Å²) in [5.74, 6) is -0.424. The Bertz CT molecular complexity index is 401. The molecule has 0 aliphatic heterocycles. The van der Waals surface area contributed by atoms with Crippen molar-refractivity contribution >= 4 is 12.0 Å². The van der Waals surface area contributed by atoms with E-state index in [1.807, 2.05) is 42.6 Å². The monoisotopic (exact) mass is 261 g/mol. The van der Waals surface area contributed by atoms with Crippen LogP contribution in [0.5, 0.6) is 0 Å². The predicted octanol–water partition coefficient (Wildman–Crippen LogP) is 1.99. The van der Waals surface area contributed by atoms with Gasteiger partial charge in [-0.05, 0) is 17.8 Å². The van der Waals surface area contributed by atoms with Crippen LogP contribution in [0.4, 0.5) is 0 Å². The largest absolute Gasteiger partial charge is 0.460 e. The molecule has 0 bridgehead atoms. The quantitative estimate of drug-likeness (QED) is 0.419. The van der Waals surface area contributed by atoms with Crippen molar-refractivity contribution in [3.63, 3.8) is 0 Å². The van der Waals surface area contributed by atoms with Gasteiger partial charge in [0.05, 0.1) is 13.2 Å². The minimum atomic E-state index is -0.424. The number of rotatable bonds is 9. The number of carbonyl (C=O) groups is 1. The van der Waals surface area contributed by atoms with Crippen molar-refractivity contribution in [2.24, 2.45) is 0 Å². The second-order valence-corrected chi connectivity index (χ2v) is 3.68. The van der Waals surface area contributed by atoms with Crippen molar-refractivity contribution in [3.05, 3.63) is 54.8 Å². The molecule has 0 saturated heterocycles. The molecule has 4 heteroatoms. The minimum Gasteiger partial charge on any atom is -0.460 e. The van der Waals surface area contributed by atoms with Gasteiger partial charge in [0.15, 0.2) is 0 Å². The molecule has 1 aromatic carbocycles. The first-order chi connectivity index (χ1) is 9.33. The normalized spacial score (nSPS) is 10.3. The summed E-state index contributed by atoms with van der Waals surface area (Å²) >= 11 is 0. The fourth-order valence-corrected chi connectivity index (χ4v) is 1.30. The molecule has 0 atom stereocenters. The Balaban J connectivity index is 1.95. The van der Waals surface area contributed by atoms with Crippen molar-refractivity contribution in [3.8, 4) is 0 Å². The van der Waals surface area contributed by atoms with Crippen LogP contribution in [-0.2, 0) is 14.3 Å². The van der Waals surface area contributed by atoms with Crippen LogP contribution < -0.4 is 5.32 Å². The van der Waals surface area contributed by atoms with E-state index in [-0.39, 0.29) is 6.61 Å². The first-order valence-corrected chi connectivity index (χ1v) is 6.15. The number of benzene rings is 1. The molecule has 0 aliphatic carbocycles. The van der Waals surface area contributed by atoms with Gasteiger partial charge in [0.25, 0.3) is 0 Å². The van der Waals surface area contributed by atoms with Crippen LogP contribution in [0, 0.1) is 0 Å². The lowest BCUT2D eigenvalue weighted by atomic mass is 10.2. The highest BCUT2D eigenvalue weighted by molar-refractivity contribution is 5.81. The molecule has 0 amide bonds. The SMILES string of the molecule is C=CC(=O)OCCOCCNC=Cc1ccccc1. The Morgan fingerprint density at radius 2 is 2.00 bits per heavy atom. The van der Waals surface area contributed by atoms with Crippen molar-refractivity contribution in [1.29, 1.82) is 0 Å². The van der Waals surface area contributed by atoms with Crippen LogP contribution in [0.1, 0.15) is 5.56 Å². The standard InChI is InChI=1S/C15H19NO3/c1-2-15(17)19-13-12-18-11-10-16-9-8-14-6-4-3-5-7-14/h2-9,16H,1,10-13H2. The van der Waals surface area contributed by atoms with E-state index in [2.05, 4.69) is 11.9 Å². The summed E-state index contributed by atoms with van der Waals surface area (Å²) in [5, 5.41) is 3.12. The zero-order valence-electron chi connectivity index (χ0n) is 10.9. The van der Waals surface area contributed by atoms with Crippen LogP contribution in [0.3, 0.4) is 0 Å². The lowest BCUT2D eigenvalue weighted by Gasteiger charge is -2.04. The molecule has 1 rings (SSSR count). The number of esters is 1. The van der Waals surface area contributed by atoms with E-state index in [1.54, 1.807) is 0 Å². The van der Waals surface area contributed by atoms with Gasteiger partial charge in [0.1, 0.15) is 6.61 Å². The van der Waals surface area contributed by atoms with E-state index in [9.17, 15) is 4.79 Å². The molecular formula is C15H19NO3. The number of carbonyl (C=O) groups excluding carboxylic acids is 1. The van der Waals surface area contributed by atoms with Crippen LogP contribution in [0.2, 0.25) is 0 Å². The number of nitrogens with one attached hydrogen (secondary N) is 1. The Labute approximate surface area is 113 Å². The Hall–Kier alpha value is -2.07. The minimum absolute atomic E-state index is 0.255. The van der Waals surface area contributed by atoms with E-state index < -0.39 is 5.97 Å². The van der Waals surface area contributed by atoms with Gasteiger partial charge in [-0.1, -0.05) is 36.9 Å². The molecule has 0 spiro atoms. The molecule has 0 aliphatic rings. The fraction of sp³-hybridized carbons (Fsp3) is 0.267. The number of hydrogen-bond donors (Lipinski definition) is 1. The van der Waals surface area contributed by atoms with Crippen molar-refractivity contribution in [2.45, 2.75) is 0 Å². The first-order valence-electron chi connectivity index (χ1n) is 6.15. The highest BCUT2D eigenvalue weighted by atomic mass is 16.6. The number of hydrogen-bond acceptors (Lipinski definition) is 4.